The molecular formula is C12H19NO2. The first-order chi connectivity index (χ1) is 7.27. The largest absolute Gasteiger partial charge is 0.264 e. The number of hydrogen-bond donors (Lipinski definition) is 0. The fourth-order valence-electron chi connectivity index (χ4n) is 4.69. The van der Waals surface area contributed by atoms with Crippen LogP contribution in [0.4, 0.5) is 0 Å². The van der Waals surface area contributed by atoms with Crippen LogP contribution in [0, 0.1) is 33.8 Å². The van der Waals surface area contributed by atoms with Crippen molar-refractivity contribution in [2.75, 3.05) is 0 Å². The molecule has 0 unspecified atom stereocenters. The Hall–Kier alpha value is -0.600. The van der Waals surface area contributed by atoms with E-state index in [9.17, 15) is 10.1 Å². The van der Waals surface area contributed by atoms with E-state index in [1.54, 1.807) is 0 Å². The third-order valence-electron chi connectivity index (χ3n) is 5.20. The molecule has 5 atom stereocenters. The molecule has 0 spiro atoms. The van der Waals surface area contributed by atoms with Gasteiger partial charge in [0.05, 0.1) is 0 Å². The van der Waals surface area contributed by atoms with Crippen LogP contribution in [-0.4, -0.2) is 11.0 Å². The number of hydrogen-bond acceptors (Lipinski definition) is 2. The van der Waals surface area contributed by atoms with E-state index in [4.69, 9.17) is 0 Å². The molecule has 0 radical (unpaired) electrons. The van der Waals surface area contributed by atoms with E-state index in [0.29, 0.717) is 5.92 Å². The predicted molar refractivity (Wildman–Crippen MR) is 57.1 cm³/mol. The number of nitro groups is 1. The SMILES string of the molecule is O=[N+]([O-])[C@@H]1CC[C@@H]2CC[C@H]3CCC[C@@H]1[C@H]32. The van der Waals surface area contributed by atoms with Crippen LogP contribution < -0.4 is 0 Å². The molecule has 0 heterocycles. The van der Waals surface area contributed by atoms with E-state index >= 15 is 0 Å². The van der Waals surface area contributed by atoms with Crippen molar-refractivity contribution >= 4 is 0 Å². The Kier molecular flexibility index (Phi) is 2.22. The zero-order valence-corrected chi connectivity index (χ0v) is 9.10. The monoisotopic (exact) mass is 209 g/mol. The lowest BCUT2D eigenvalue weighted by Gasteiger charge is -2.41. The van der Waals surface area contributed by atoms with Crippen molar-refractivity contribution in [3.63, 3.8) is 0 Å². The van der Waals surface area contributed by atoms with Gasteiger partial charge in [-0.3, -0.25) is 10.1 Å². The van der Waals surface area contributed by atoms with Gasteiger partial charge in [-0.25, -0.2) is 0 Å². The highest BCUT2D eigenvalue weighted by Gasteiger charge is 2.52. The average Bonchev–Trinajstić information content (AvgIpc) is 2.64. The molecule has 3 nitrogen and oxygen atoms in total. The van der Waals surface area contributed by atoms with Gasteiger partial charge in [0, 0.05) is 17.3 Å². The molecule has 0 aromatic rings. The molecule has 0 aromatic carbocycles. The van der Waals surface area contributed by atoms with Crippen molar-refractivity contribution in [2.24, 2.45) is 23.7 Å². The lowest BCUT2D eigenvalue weighted by atomic mass is 9.63. The summed E-state index contributed by atoms with van der Waals surface area (Å²) in [6.45, 7) is 0. The van der Waals surface area contributed by atoms with Gasteiger partial charge in [0.15, 0.2) is 0 Å². The second-order valence-corrected chi connectivity index (χ2v) is 5.70. The van der Waals surface area contributed by atoms with Gasteiger partial charge >= 0.3 is 0 Å². The lowest BCUT2D eigenvalue weighted by molar-refractivity contribution is -0.540. The molecule has 3 saturated carbocycles. The molecular weight excluding hydrogens is 190 g/mol. The quantitative estimate of drug-likeness (QED) is 0.492. The maximum Gasteiger partial charge on any atom is 0.216 e. The second-order valence-electron chi connectivity index (χ2n) is 5.70. The highest BCUT2D eigenvalue weighted by Crippen LogP contribution is 2.54. The first-order valence-corrected chi connectivity index (χ1v) is 6.41. The third kappa shape index (κ3) is 1.39. The van der Waals surface area contributed by atoms with E-state index in [1.165, 1.54) is 25.7 Å². The molecule has 0 N–H and O–H groups in total. The third-order valence-corrected chi connectivity index (χ3v) is 5.20. The Balaban J connectivity index is 1.86. The summed E-state index contributed by atoms with van der Waals surface area (Å²) < 4.78 is 0. The summed E-state index contributed by atoms with van der Waals surface area (Å²) in [6.07, 6.45) is 8.41. The first kappa shape index (κ1) is 9.61. The summed E-state index contributed by atoms with van der Waals surface area (Å²) in [7, 11) is 0. The standard InChI is InChI=1S/C12H19NO2/c14-13(15)11-7-6-9-5-4-8-2-1-3-10(11)12(8)9/h8-12H,1-7H2/t8-,9+,10+,11-,12-/m1/s1. The van der Waals surface area contributed by atoms with Gasteiger partial charge in [-0.2, -0.15) is 0 Å². The topological polar surface area (TPSA) is 43.1 Å². The summed E-state index contributed by atoms with van der Waals surface area (Å²) in [6, 6.07) is -0.202. The Morgan fingerprint density at radius 1 is 0.933 bits per heavy atom. The zero-order valence-electron chi connectivity index (χ0n) is 9.10. The van der Waals surface area contributed by atoms with Crippen LogP contribution in [0.1, 0.15) is 44.9 Å². The minimum atomic E-state index is -0.202. The molecule has 3 aliphatic carbocycles. The summed E-state index contributed by atoms with van der Waals surface area (Å²) in [5.41, 5.74) is 0. The smallest absolute Gasteiger partial charge is 0.216 e. The molecule has 3 heteroatoms. The van der Waals surface area contributed by atoms with E-state index in [0.717, 1.165) is 37.0 Å². The van der Waals surface area contributed by atoms with Crippen molar-refractivity contribution in [1.29, 1.82) is 0 Å². The van der Waals surface area contributed by atoms with Crippen LogP contribution in [-0.2, 0) is 0 Å². The van der Waals surface area contributed by atoms with Gasteiger partial charge in [0.25, 0.3) is 0 Å². The molecule has 84 valence electrons. The van der Waals surface area contributed by atoms with Crippen molar-refractivity contribution in [3.05, 3.63) is 10.1 Å². The average molecular weight is 209 g/mol. The molecule has 0 aliphatic heterocycles. The summed E-state index contributed by atoms with van der Waals surface area (Å²) >= 11 is 0. The van der Waals surface area contributed by atoms with Gasteiger partial charge in [-0.15, -0.1) is 0 Å². The summed E-state index contributed by atoms with van der Waals surface area (Å²) in [5.74, 6) is 2.84. The van der Waals surface area contributed by atoms with Gasteiger partial charge in [0.1, 0.15) is 0 Å². The van der Waals surface area contributed by atoms with Gasteiger partial charge in [-0.1, -0.05) is 12.8 Å². The molecule has 15 heavy (non-hydrogen) atoms. The predicted octanol–water partition coefficient (Wildman–Crippen LogP) is 2.87. The van der Waals surface area contributed by atoms with Crippen molar-refractivity contribution in [3.8, 4) is 0 Å². The van der Waals surface area contributed by atoms with Crippen LogP contribution in [0.5, 0.6) is 0 Å². The molecule has 3 aliphatic rings. The van der Waals surface area contributed by atoms with E-state index in [2.05, 4.69) is 0 Å². The maximum atomic E-state index is 11.0. The lowest BCUT2D eigenvalue weighted by Crippen LogP contribution is -2.44. The summed E-state index contributed by atoms with van der Waals surface area (Å²) in [4.78, 5) is 11.1. The molecule has 0 amide bonds. The second kappa shape index (κ2) is 3.46. The van der Waals surface area contributed by atoms with E-state index in [1.807, 2.05) is 0 Å². The van der Waals surface area contributed by atoms with Crippen molar-refractivity contribution in [1.82, 2.24) is 0 Å². The highest BCUT2D eigenvalue weighted by molar-refractivity contribution is 4.97. The Bertz CT molecular complexity index is 273. The minimum absolute atomic E-state index is 0.0155. The normalized spacial score (nSPS) is 48.7. The van der Waals surface area contributed by atoms with Crippen LogP contribution in [0.3, 0.4) is 0 Å². The van der Waals surface area contributed by atoms with E-state index < -0.39 is 0 Å². The fraction of sp³-hybridized carbons (Fsp3) is 1.00. The van der Waals surface area contributed by atoms with Crippen molar-refractivity contribution in [2.45, 2.75) is 51.0 Å². The van der Waals surface area contributed by atoms with Crippen LogP contribution >= 0.6 is 0 Å². The Morgan fingerprint density at radius 2 is 1.60 bits per heavy atom. The molecule has 0 aromatic heterocycles. The number of nitrogens with zero attached hydrogens (tertiary/aromatic N) is 1. The first-order valence-electron chi connectivity index (χ1n) is 6.41. The van der Waals surface area contributed by atoms with Gasteiger partial charge in [-0.05, 0) is 43.4 Å². The number of rotatable bonds is 1. The van der Waals surface area contributed by atoms with E-state index in [-0.39, 0.29) is 11.0 Å². The Morgan fingerprint density at radius 3 is 2.33 bits per heavy atom. The van der Waals surface area contributed by atoms with Gasteiger partial charge < -0.3 is 0 Å². The minimum Gasteiger partial charge on any atom is -0.264 e. The zero-order chi connectivity index (χ0) is 10.4. The molecule has 3 rings (SSSR count). The van der Waals surface area contributed by atoms with Crippen LogP contribution in [0.2, 0.25) is 0 Å². The highest BCUT2D eigenvalue weighted by atomic mass is 16.6. The Labute approximate surface area is 90.4 Å². The van der Waals surface area contributed by atoms with Crippen LogP contribution in [0.25, 0.3) is 0 Å². The van der Waals surface area contributed by atoms with Crippen LogP contribution in [0.15, 0.2) is 0 Å². The van der Waals surface area contributed by atoms with Gasteiger partial charge in [0.2, 0.25) is 6.04 Å². The van der Waals surface area contributed by atoms with Crippen molar-refractivity contribution < 1.29 is 4.92 Å². The summed E-state index contributed by atoms with van der Waals surface area (Å²) in [5, 5.41) is 11.0. The molecule has 0 saturated heterocycles. The molecule has 0 bridgehead atoms. The maximum absolute atomic E-state index is 11.0. The molecule has 3 fully saturated rings. The fourth-order valence-corrected chi connectivity index (χ4v) is 4.69.